The maximum Gasteiger partial charge on any atom is 0.271 e. The predicted octanol–water partition coefficient (Wildman–Crippen LogP) is 5.19. The normalized spacial score (nSPS) is 10.6. The Morgan fingerprint density at radius 1 is 1.24 bits per heavy atom. The first kappa shape index (κ1) is 21.0. The summed E-state index contributed by atoms with van der Waals surface area (Å²) in [7, 11) is 0. The number of thioether (sulfide) groups is 1. The van der Waals surface area contributed by atoms with Gasteiger partial charge in [-0.15, -0.1) is 10.2 Å². The van der Waals surface area contributed by atoms with Crippen molar-refractivity contribution in [1.82, 2.24) is 10.2 Å². The summed E-state index contributed by atoms with van der Waals surface area (Å²) in [6.45, 7) is 4.06. The van der Waals surface area contributed by atoms with Crippen LogP contribution >= 0.6 is 34.7 Å². The third-order valence-corrected chi connectivity index (χ3v) is 6.32. The first-order valence-corrected chi connectivity index (χ1v) is 10.5. The lowest BCUT2D eigenvalue weighted by molar-refractivity contribution is -0.384. The average Bonchev–Trinajstić information content (AvgIpc) is 3.13. The van der Waals surface area contributed by atoms with Gasteiger partial charge in [0.1, 0.15) is 0 Å². The minimum absolute atomic E-state index is 0.0666. The second-order valence-electron chi connectivity index (χ2n) is 6.00. The van der Waals surface area contributed by atoms with E-state index in [9.17, 15) is 14.9 Å². The zero-order chi connectivity index (χ0) is 21.0. The maximum absolute atomic E-state index is 12.2. The number of aryl methyl sites for hydroxylation is 1. The molecule has 8 nitrogen and oxygen atoms in total. The molecule has 0 saturated heterocycles. The van der Waals surface area contributed by atoms with E-state index in [0.717, 1.165) is 11.3 Å². The summed E-state index contributed by atoms with van der Waals surface area (Å²) in [5, 5.41) is 25.7. The summed E-state index contributed by atoms with van der Waals surface area (Å²) in [6, 6.07) is 9.84. The number of nitrogens with one attached hydrogen (secondary N) is 2. The van der Waals surface area contributed by atoms with E-state index in [0.29, 0.717) is 9.47 Å². The fourth-order valence-electron chi connectivity index (χ4n) is 2.36. The molecular formula is C18H16ClN5O3S2. The summed E-state index contributed by atoms with van der Waals surface area (Å²) in [4.78, 5) is 22.5. The first-order chi connectivity index (χ1) is 13.8. The molecule has 150 valence electrons. The number of hydrogen-bond acceptors (Lipinski definition) is 8. The zero-order valence-corrected chi connectivity index (χ0v) is 17.8. The molecule has 2 N–H and O–H groups in total. The SMILES string of the molecule is Cc1cccc(Nc2nnc(SCC(=O)Nc3cc([N+](=O)[O-])ccc3Cl)s2)c1C. The van der Waals surface area contributed by atoms with Gasteiger partial charge >= 0.3 is 0 Å². The number of aromatic nitrogens is 2. The molecule has 0 unspecified atom stereocenters. The fourth-order valence-corrected chi connectivity index (χ4v) is 4.09. The van der Waals surface area contributed by atoms with E-state index in [1.54, 1.807) is 0 Å². The Morgan fingerprint density at radius 2 is 2.03 bits per heavy atom. The number of rotatable bonds is 7. The highest BCUT2D eigenvalue weighted by atomic mass is 35.5. The van der Waals surface area contributed by atoms with Crippen LogP contribution in [0.25, 0.3) is 0 Å². The van der Waals surface area contributed by atoms with Crippen LogP contribution in [-0.2, 0) is 4.79 Å². The van der Waals surface area contributed by atoms with Crippen molar-refractivity contribution < 1.29 is 9.72 Å². The molecule has 0 aliphatic heterocycles. The largest absolute Gasteiger partial charge is 0.330 e. The number of carbonyl (C=O) groups is 1. The van der Waals surface area contributed by atoms with E-state index in [1.165, 1.54) is 46.9 Å². The molecule has 29 heavy (non-hydrogen) atoms. The van der Waals surface area contributed by atoms with Gasteiger partial charge in [0, 0.05) is 17.8 Å². The average molecular weight is 450 g/mol. The van der Waals surface area contributed by atoms with Crippen LogP contribution in [-0.4, -0.2) is 26.8 Å². The molecule has 2 aromatic carbocycles. The van der Waals surface area contributed by atoms with Crippen LogP contribution in [0.2, 0.25) is 5.02 Å². The molecule has 0 bridgehead atoms. The number of nitrogens with zero attached hydrogens (tertiary/aromatic N) is 3. The van der Waals surface area contributed by atoms with Crippen LogP contribution in [0.1, 0.15) is 11.1 Å². The van der Waals surface area contributed by atoms with E-state index in [1.807, 2.05) is 32.0 Å². The Kier molecular flexibility index (Phi) is 6.68. The Labute approximate surface area is 179 Å². The monoisotopic (exact) mass is 449 g/mol. The number of hydrogen-bond donors (Lipinski definition) is 2. The van der Waals surface area contributed by atoms with Crippen LogP contribution in [0.4, 0.5) is 22.2 Å². The van der Waals surface area contributed by atoms with Crippen molar-refractivity contribution in [2.24, 2.45) is 0 Å². The highest BCUT2D eigenvalue weighted by molar-refractivity contribution is 8.01. The van der Waals surface area contributed by atoms with E-state index in [-0.39, 0.29) is 28.1 Å². The van der Waals surface area contributed by atoms with Crippen molar-refractivity contribution in [2.75, 3.05) is 16.4 Å². The van der Waals surface area contributed by atoms with Gasteiger partial charge in [-0.05, 0) is 37.1 Å². The molecule has 3 aromatic rings. The zero-order valence-electron chi connectivity index (χ0n) is 15.4. The van der Waals surface area contributed by atoms with Crippen LogP contribution < -0.4 is 10.6 Å². The second kappa shape index (κ2) is 9.21. The van der Waals surface area contributed by atoms with Crippen LogP contribution in [0.3, 0.4) is 0 Å². The van der Waals surface area contributed by atoms with Gasteiger partial charge in [0.15, 0.2) is 4.34 Å². The van der Waals surface area contributed by atoms with Gasteiger partial charge in [0.05, 0.1) is 21.4 Å². The Hall–Kier alpha value is -2.69. The molecule has 0 fully saturated rings. The smallest absolute Gasteiger partial charge is 0.271 e. The predicted molar refractivity (Wildman–Crippen MR) is 117 cm³/mol. The minimum atomic E-state index is -0.549. The molecule has 0 saturated carbocycles. The highest BCUT2D eigenvalue weighted by Gasteiger charge is 2.14. The number of nitro groups is 1. The molecule has 0 aliphatic carbocycles. The van der Waals surface area contributed by atoms with E-state index in [4.69, 9.17) is 11.6 Å². The molecule has 1 heterocycles. The summed E-state index contributed by atoms with van der Waals surface area (Å²) >= 11 is 8.55. The summed E-state index contributed by atoms with van der Waals surface area (Å²) in [6.07, 6.45) is 0. The lowest BCUT2D eigenvalue weighted by Gasteiger charge is -2.08. The molecule has 1 amide bonds. The van der Waals surface area contributed by atoms with Crippen molar-refractivity contribution in [3.05, 3.63) is 62.7 Å². The van der Waals surface area contributed by atoms with Crippen LogP contribution in [0.15, 0.2) is 40.7 Å². The Bertz CT molecular complexity index is 1070. The van der Waals surface area contributed by atoms with E-state index < -0.39 is 4.92 Å². The molecule has 0 aliphatic rings. The molecule has 11 heteroatoms. The Morgan fingerprint density at radius 3 is 2.79 bits per heavy atom. The lowest BCUT2D eigenvalue weighted by Crippen LogP contribution is -2.14. The van der Waals surface area contributed by atoms with Gasteiger partial charge in [-0.1, -0.05) is 46.8 Å². The number of amides is 1. The van der Waals surface area contributed by atoms with Crippen molar-refractivity contribution in [2.45, 2.75) is 18.2 Å². The van der Waals surface area contributed by atoms with Gasteiger partial charge in [-0.25, -0.2) is 0 Å². The van der Waals surface area contributed by atoms with Crippen molar-refractivity contribution >= 4 is 62.8 Å². The molecule has 0 atom stereocenters. The molecule has 1 aromatic heterocycles. The minimum Gasteiger partial charge on any atom is -0.330 e. The summed E-state index contributed by atoms with van der Waals surface area (Å²) in [5.41, 5.74) is 3.30. The van der Waals surface area contributed by atoms with Gasteiger partial charge in [0.2, 0.25) is 11.0 Å². The summed E-state index contributed by atoms with van der Waals surface area (Å²) in [5.74, 6) is -0.284. The topological polar surface area (TPSA) is 110 Å². The van der Waals surface area contributed by atoms with Crippen LogP contribution in [0.5, 0.6) is 0 Å². The van der Waals surface area contributed by atoms with Crippen molar-refractivity contribution in [1.29, 1.82) is 0 Å². The number of halogens is 1. The number of non-ortho nitro benzene ring substituents is 1. The number of nitro benzene ring substituents is 1. The summed E-state index contributed by atoms with van der Waals surface area (Å²) < 4.78 is 0.623. The first-order valence-electron chi connectivity index (χ1n) is 8.37. The number of anilines is 3. The quantitative estimate of drug-likeness (QED) is 0.290. The van der Waals surface area contributed by atoms with Crippen LogP contribution in [0, 0.1) is 24.0 Å². The molecule has 0 radical (unpaired) electrons. The fraction of sp³-hybridized carbons (Fsp3) is 0.167. The highest BCUT2D eigenvalue weighted by Crippen LogP contribution is 2.30. The van der Waals surface area contributed by atoms with Gasteiger partial charge in [-0.2, -0.15) is 0 Å². The third kappa shape index (κ3) is 5.43. The molecule has 3 rings (SSSR count). The van der Waals surface area contributed by atoms with Crippen molar-refractivity contribution in [3.8, 4) is 0 Å². The van der Waals surface area contributed by atoms with Gasteiger partial charge in [0.25, 0.3) is 5.69 Å². The molecular weight excluding hydrogens is 434 g/mol. The van der Waals surface area contributed by atoms with E-state index >= 15 is 0 Å². The lowest BCUT2D eigenvalue weighted by atomic mass is 10.1. The van der Waals surface area contributed by atoms with Gasteiger partial charge in [-0.3, -0.25) is 14.9 Å². The third-order valence-electron chi connectivity index (χ3n) is 4.01. The number of carbonyl (C=O) groups excluding carboxylic acids is 1. The van der Waals surface area contributed by atoms with Gasteiger partial charge < -0.3 is 10.6 Å². The Balaban J connectivity index is 1.58. The second-order valence-corrected chi connectivity index (χ2v) is 8.61. The van der Waals surface area contributed by atoms with E-state index in [2.05, 4.69) is 20.8 Å². The molecule has 0 spiro atoms. The maximum atomic E-state index is 12.2. The van der Waals surface area contributed by atoms with Crippen molar-refractivity contribution in [3.63, 3.8) is 0 Å². The standard InChI is InChI=1S/C18H16ClN5O3S2/c1-10-4-3-5-14(11(10)2)21-17-22-23-18(29-17)28-9-16(25)20-15-8-12(24(26)27)6-7-13(15)19/h3-8H,9H2,1-2H3,(H,20,25)(H,21,22). The number of benzene rings is 2.